The average Bonchev–Trinajstić information content (AvgIpc) is 2.77. The van der Waals surface area contributed by atoms with Crippen LogP contribution in [0.5, 0.6) is 0 Å². The van der Waals surface area contributed by atoms with Crippen molar-refractivity contribution in [3.05, 3.63) is 22.6 Å². The highest BCUT2D eigenvalue weighted by molar-refractivity contribution is 6.24. The summed E-state index contributed by atoms with van der Waals surface area (Å²) in [6, 6.07) is 0. The van der Waals surface area contributed by atoms with Gasteiger partial charge in [0, 0.05) is 17.7 Å². The number of rotatable bonds is 16. The van der Waals surface area contributed by atoms with Crippen LogP contribution in [0.2, 0.25) is 0 Å². The highest BCUT2D eigenvalue weighted by Gasteiger charge is 2.36. The van der Waals surface area contributed by atoms with Crippen molar-refractivity contribution in [2.75, 3.05) is 13.7 Å². The number of nitrogens with one attached hydrogen (secondary N) is 1. The summed E-state index contributed by atoms with van der Waals surface area (Å²) in [7, 11) is 1.51. The van der Waals surface area contributed by atoms with E-state index in [2.05, 4.69) is 12.2 Å². The van der Waals surface area contributed by atoms with Gasteiger partial charge in [0.15, 0.2) is 5.76 Å². The molecule has 0 saturated carbocycles. The minimum absolute atomic E-state index is 0.0177. The third kappa shape index (κ3) is 7.59. The molecule has 0 aromatic rings. The highest BCUT2D eigenvalue weighted by atomic mass is 16.5. The van der Waals surface area contributed by atoms with E-state index in [0.29, 0.717) is 29.7 Å². The molecule has 0 amide bonds. The van der Waals surface area contributed by atoms with Gasteiger partial charge in [-0.25, -0.2) is 0 Å². The Balaban J connectivity index is 1.56. The largest absolute Gasteiger partial charge is 0.492 e. The number of hydrogen-bond donors (Lipinski definition) is 1. The second-order valence-electron chi connectivity index (χ2n) is 8.90. The van der Waals surface area contributed by atoms with Gasteiger partial charge < -0.3 is 10.1 Å². The lowest BCUT2D eigenvalue weighted by Crippen LogP contribution is -2.35. The minimum atomic E-state index is -0.0836. The first-order chi connectivity index (χ1) is 14.7. The lowest BCUT2D eigenvalue weighted by Gasteiger charge is -2.26. The number of carbonyl (C=O) groups excluding carboxylic acids is 2. The minimum Gasteiger partial charge on any atom is -0.492 e. The summed E-state index contributed by atoms with van der Waals surface area (Å²) < 4.78 is 5.35. The molecule has 1 heterocycles. The molecule has 0 aromatic heterocycles. The molecule has 0 saturated heterocycles. The topological polar surface area (TPSA) is 55.4 Å². The summed E-state index contributed by atoms with van der Waals surface area (Å²) >= 11 is 0. The Hall–Kier alpha value is -1.58. The van der Waals surface area contributed by atoms with Gasteiger partial charge in [0.25, 0.3) is 0 Å². The smallest absolute Gasteiger partial charge is 0.226 e. The van der Waals surface area contributed by atoms with Gasteiger partial charge in [-0.05, 0) is 25.7 Å². The Morgan fingerprint density at radius 3 is 1.83 bits per heavy atom. The molecule has 0 aromatic carbocycles. The number of ketones is 2. The van der Waals surface area contributed by atoms with Gasteiger partial charge in [-0.1, -0.05) is 90.4 Å². The predicted octanol–water partition coefficient (Wildman–Crippen LogP) is 6.55. The Labute approximate surface area is 183 Å². The van der Waals surface area contributed by atoms with Crippen LogP contribution >= 0.6 is 0 Å². The van der Waals surface area contributed by atoms with Crippen LogP contribution in [0.4, 0.5) is 0 Å². The van der Waals surface area contributed by atoms with Crippen LogP contribution in [-0.4, -0.2) is 25.2 Å². The van der Waals surface area contributed by atoms with Crippen LogP contribution in [0.1, 0.15) is 116 Å². The van der Waals surface area contributed by atoms with Crippen molar-refractivity contribution >= 4 is 11.6 Å². The zero-order chi connectivity index (χ0) is 21.6. The van der Waals surface area contributed by atoms with E-state index in [4.69, 9.17) is 4.74 Å². The summed E-state index contributed by atoms with van der Waals surface area (Å²) in [6.45, 7) is 3.04. The summed E-state index contributed by atoms with van der Waals surface area (Å²) in [4.78, 5) is 25.5. The molecule has 30 heavy (non-hydrogen) atoms. The van der Waals surface area contributed by atoms with Gasteiger partial charge in [-0.15, -0.1) is 0 Å². The molecule has 0 atom stereocenters. The van der Waals surface area contributed by atoms with Crippen LogP contribution in [0.25, 0.3) is 0 Å². The van der Waals surface area contributed by atoms with E-state index in [1.54, 1.807) is 0 Å². The van der Waals surface area contributed by atoms with E-state index in [1.165, 1.54) is 84.2 Å². The van der Waals surface area contributed by atoms with E-state index >= 15 is 0 Å². The summed E-state index contributed by atoms with van der Waals surface area (Å²) in [5, 5.41) is 3.15. The van der Waals surface area contributed by atoms with Crippen molar-refractivity contribution in [1.29, 1.82) is 0 Å². The number of ether oxygens (including phenoxy) is 1. The van der Waals surface area contributed by atoms with Crippen LogP contribution in [0, 0.1) is 0 Å². The lowest BCUT2D eigenvalue weighted by molar-refractivity contribution is -0.119. The van der Waals surface area contributed by atoms with Gasteiger partial charge in [-0.2, -0.15) is 0 Å². The molecule has 1 aliphatic heterocycles. The van der Waals surface area contributed by atoms with Crippen LogP contribution in [-0.2, 0) is 14.3 Å². The Morgan fingerprint density at radius 1 is 0.767 bits per heavy atom. The first-order valence-corrected chi connectivity index (χ1v) is 12.5. The monoisotopic (exact) mass is 417 g/mol. The first-order valence-electron chi connectivity index (χ1n) is 12.5. The van der Waals surface area contributed by atoms with Crippen molar-refractivity contribution < 1.29 is 14.3 Å². The van der Waals surface area contributed by atoms with Gasteiger partial charge in [0.05, 0.1) is 12.8 Å². The highest BCUT2D eigenvalue weighted by Crippen LogP contribution is 2.31. The maximum atomic E-state index is 12.8. The molecular formula is C26H43NO3. The summed E-state index contributed by atoms with van der Waals surface area (Å²) in [5.41, 5.74) is 1.73. The van der Waals surface area contributed by atoms with Crippen molar-refractivity contribution in [3.63, 3.8) is 0 Å². The zero-order valence-electron chi connectivity index (χ0n) is 19.5. The van der Waals surface area contributed by atoms with Crippen molar-refractivity contribution in [2.45, 2.75) is 116 Å². The number of Topliss-reactive ketones (excluding diaryl/α,β-unsaturated/α-hetero) is 2. The first kappa shape index (κ1) is 24.7. The number of allylic oxidation sites excluding steroid dienone is 2. The van der Waals surface area contributed by atoms with E-state index in [9.17, 15) is 9.59 Å². The molecule has 2 aliphatic rings. The third-order valence-corrected chi connectivity index (χ3v) is 6.45. The van der Waals surface area contributed by atoms with Gasteiger partial charge in [0.2, 0.25) is 11.6 Å². The standard InChI is InChI=1S/C26H43NO3/c1-3-4-5-6-7-8-9-10-11-12-13-14-15-16-18-22-24(28)23-21(19-17-20-27-23)25(29)26(22)30-2/h27H,3-20H2,1-2H3. The van der Waals surface area contributed by atoms with Crippen molar-refractivity contribution in [1.82, 2.24) is 5.32 Å². The van der Waals surface area contributed by atoms with E-state index < -0.39 is 0 Å². The van der Waals surface area contributed by atoms with Gasteiger partial charge in [-0.3, -0.25) is 9.59 Å². The molecule has 0 unspecified atom stereocenters. The van der Waals surface area contributed by atoms with Crippen LogP contribution in [0.3, 0.4) is 0 Å². The second-order valence-corrected chi connectivity index (χ2v) is 8.90. The number of methoxy groups -OCH3 is 1. The molecule has 2 rings (SSSR count). The van der Waals surface area contributed by atoms with Crippen LogP contribution < -0.4 is 5.32 Å². The fourth-order valence-electron chi connectivity index (χ4n) is 4.62. The molecule has 0 bridgehead atoms. The Bertz CT molecular complexity index is 618. The summed E-state index contributed by atoms with van der Waals surface area (Å²) in [5.74, 6) is 0.188. The SMILES string of the molecule is CCCCCCCCCCCCCCCCC1=C(OC)C(=O)C2=C(NCCC2)C1=O. The van der Waals surface area contributed by atoms with E-state index in [0.717, 1.165) is 25.8 Å². The normalized spacial score (nSPS) is 16.7. The molecule has 170 valence electrons. The Morgan fingerprint density at radius 2 is 1.30 bits per heavy atom. The second kappa shape index (κ2) is 14.4. The predicted molar refractivity (Wildman–Crippen MR) is 123 cm³/mol. The fraction of sp³-hybridized carbons (Fsp3) is 0.769. The van der Waals surface area contributed by atoms with Crippen molar-refractivity contribution in [3.8, 4) is 0 Å². The van der Waals surface area contributed by atoms with E-state index in [1.807, 2.05) is 0 Å². The quantitative estimate of drug-likeness (QED) is 0.229. The van der Waals surface area contributed by atoms with E-state index in [-0.39, 0.29) is 17.3 Å². The molecule has 1 aliphatic carbocycles. The van der Waals surface area contributed by atoms with Gasteiger partial charge >= 0.3 is 0 Å². The zero-order valence-corrected chi connectivity index (χ0v) is 19.5. The molecule has 4 heteroatoms. The lowest BCUT2D eigenvalue weighted by atomic mass is 9.85. The summed E-state index contributed by atoms with van der Waals surface area (Å²) in [6.07, 6.45) is 20.5. The molecule has 0 fully saturated rings. The molecular weight excluding hydrogens is 374 g/mol. The molecule has 1 N–H and O–H groups in total. The van der Waals surface area contributed by atoms with Crippen LogP contribution in [0.15, 0.2) is 22.6 Å². The molecule has 0 spiro atoms. The number of carbonyl (C=O) groups is 2. The average molecular weight is 418 g/mol. The maximum Gasteiger partial charge on any atom is 0.226 e. The number of hydrogen-bond acceptors (Lipinski definition) is 4. The third-order valence-electron chi connectivity index (χ3n) is 6.45. The Kier molecular flexibility index (Phi) is 11.9. The van der Waals surface area contributed by atoms with Gasteiger partial charge in [0.1, 0.15) is 0 Å². The molecule has 0 radical (unpaired) electrons. The maximum absolute atomic E-state index is 12.8. The molecule has 4 nitrogen and oxygen atoms in total. The van der Waals surface area contributed by atoms with Crippen molar-refractivity contribution in [2.24, 2.45) is 0 Å². The fourth-order valence-corrected chi connectivity index (χ4v) is 4.62. The number of unbranched alkanes of at least 4 members (excludes halogenated alkanes) is 13.